The van der Waals surface area contributed by atoms with Gasteiger partial charge in [-0.25, -0.2) is 8.42 Å². The van der Waals surface area contributed by atoms with Crippen molar-refractivity contribution < 1.29 is 27.3 Å². The zero-order valence-electron chi connectivity index (χ0n) is 14.9. The standard InChI is InChI=1S/C16H23BO6S/c1-15(2)16(3,4)23-17(22-15)12-8-7-11(9-14(18)21-5)13(10-12)24(6,19)20/h7-8,10H,9H2,1-6H3. The maximum absolute atomic E-state index is 12.1. The van der Waals surface area contributed by atoms with Crippen LogP contribution in [0.2, 0.25) is 0 Å². The number of carbonyl (C=O) groups excluding carboxylic acids is 1. The molecule has 1 aliphatic rings. The minimum Gasteiger partial charge on any atom is -0.469 e. The predicted molar refractivity (Wildman–Crippen MR) is 91.0 cm³/mol. The molecule has 1 aliphatic heterocycles. The Hall–Kier alpha value is -1.38. The van der Waals surface area contributed by atoms with Crippen molar-refractivity contribution >= 4 is 28.4 Å². The molecule has 1 aromatic rings. The maximum Gasteiger partial charge on any atom is 0.494 e. The fourth-order valence-electron chi connectivity index (χ4n) is 2.42. The molecule has 0 amide bonds. The van der Waals surface area contributed by atoms with Gasteiger partial charge in [0.2, 0.25) is 0 Å². The van der Waals surface area contributed by atoms with E-state index in [1.54, 1.807) is 12.1 Å². The Balaban J connectivity index is 2.43. The summed E-state index contributed by atoms with van der Waals surface area (Å²) in [4.78, 5) is 11.6. The van der Waals surface area contributed by atoms with Gasteiger partial charge in [0.25, 0.3) is 0 Å². The average molecular weight is 354 g/mol. The van der Waals surface area contributed by atoms with E-state index in [-0.39, 0.29) is 11.3 Å². The molecule has 0 aromatic heterocycles. The summed E-state index contributed by atoms with van der Waals surface area (Å²) in [5.74, 6) is -0.497. The number of ether oxygens (including phenoxy) is 1. The first-order valence-electron chi connectivity index (χ1n) is 7.63. The quantitative estimate of drug-likeness (QED) is 0.595. The number of hydrogen-bond donors (Lipinski definition) is 0. The third-order valence-corrected chi connectivity index (χ3v) is 5.76. The van der Waals surface area contributed by atoms with Crippen LogP contribution in [-0.4, -0.2) is 46.1 Å². The minimum atomic E-state index is -3.52. The molecule has 0 atom stereocenters. The van der Waals surface area contributed by atoms with Crippen LogP contribution in [0, 0.1) is 0 Å². The molecule has 1 fully saturated rings. The Morgan fingerprint density at radius 2 is 1.71 bits per heavy atom. The van der Waals surface area contributed by atoms with Crippen molar-refractivity contribution in [1.29, 1.82) is 0 Å². The first kappa shape index (κ1) is 19.0. The maximum atomic E-state index is 12.1. The van der Waals surface area contributed by atoms with E-state index < -0.39 is 34.1 Å². The van der Waals surface area contributed by atoms with Crippen molar-refractivity contribution in [3.63, 3.8) is 0 Å². The lowest BCUT2D eigenvalue weighted by atomic mass is 9.78. The van der Waals surface area contributed by atoms with Gasteiger partial charge in [-0.15, -0.1) is 0 Å². The van der Waals surface area contributed by atoms with Gasteiger partial charge in [0.1, 0.15) is 0 Å². The van der Waals surface area contributed by atoms with Crippen molar-refractivity contribution in [1.82, 2.24) is 0 Å². The highest BCUT2D eigenvalue weighted by molar-refractivity contribution is 7.90. The van der Waals surface area contributed by atoms with Crippen LogP contribution >= 0.6 is 0 Å². The summed E-state index contributed by atoms with van der Waals surface area (Å²) in [6.07, 6.45) is 1.000. The van der Waals surface area contributed by atoms with E-state index in [1.807, 2.05) is 27.7 Å². The van der Waals surface area contributed by atoms with Gasteiger partial charge in [-0.1, -0.05) is 12.1 Å². The number of benzene rings is 1. The molecular formula is C16H23BO6S. The molecule has 2 rings (SSSR count). The summed E-state index contributed by atoms with van der Waals surface area (Å²) in [6.45, 7) is 7.71. The fraction of sp³-hybridized carbons (Fsp3) is 0.562. The molecule has 0 spiro atoms. The second-order valence-electron chi connectivity index (χ2n) is 6.98. The molecule has 24 heavy (non-hydrogen) atoms. The highest BCUT2D eigenvalue weighted by Gasteiger charge is 2.51. The first-order valence-corrected chi connectivity index (χ1v) is 9.52. The van der Waals surface area contributed by atoms with Crippen LogP contribution in [0.3, 0.4) is 0 Å². The van der Waals surface area contributed by atoms with Crippen molar-refractivity contribution in [3.05, 3.63) is 23.8 Å². The van der Waals surface area contributed by atoms with Crippen molar-refractivity contribution in [2.45, 2.75) is 50.2 Å². The minimum absolute atomic E-state index is 0.0834. The van der Waals surface area contributed by atoms with Gasteiger partial charge >= 0.3 is 13.1 Å². The van der Waals surface area contributed by atoms with Crippen LogP contribution in [-0.2, 0) is 35.1 Å². The third kappa shape index (κ3) is 3.65. The molecule has 0 saturated carbocycles. The summed E-state index contributed by atoms with van der Waals surface area (Å²) in [6, 6.07) is 4.83. The third-order valence-electron chi connectivity index (χ3n) is 4.58. The van der Waals surface area contributed by atoms with Crippen molar-refractivity contribution in [3.8, 4) is 0 Å². The van der Waals surface area contributed by atoms with Crippen LogP contribution in [0.25, 0.3) is 0 Å². The monoisotopic (exact) mass is 354 g/mol. The smallest absolute Gasteiger partial charge is 0.469 e. The number of sulfone groups is 1. The van der Waals surface area contributed by atoms with Crippen molar-refractivity contribution in [2.24, 2.45) is 0 Å². The highest BCUT2D eigenvalue weighted by atomic mass is 32.2. The SMILES string of the molecule is COC(=O)Cc1ccc(B2OC(C)(C)C(C)(C)O2)cc1S(C)(=O)=O. The Morgan fingerprint density at radius 1 is 1.17 bits per heavy atom. The topological polar surface area (TPSA) is 78.9 Å². The summed E-state index contributed by atoms with van der Waals surface area (Å²) in [5.41, 5.74) is -0.0476. The zero-order valence-corrected chi connectivity index (χ0v) is 15.7. The first-order chi connectivity index (χ1) is 10.9. The van der Waals surface area contributed by atoms with Crippen LogP contribution in [0.5, 0.6) is 0 Å². The average Bonchev–Trinajstić information content (AvgIpc) is 2.66. The van der Waals surface area contributed by atoms with Gasteiger partial charge in [0, 0.05) is 6.26 Å². The van der Waals surface area contributed by atoms with Crippen LogP contribution < -0.4 is 5.46 Å². The molecule has 8 heteroatoms. The number of methoxy groups -OCH3 is 1. The lowest BCUT2D eigenvalue weighted by molar-refractivity contribution is -0.139. The van der Waals surface area contributed by atoms with E-state index in [9.17, 15) is 13.2 Å². The van der Waals surface area contributed by atoms with Gasteiger partial charge in [-0.05, 0) is 44.8 Å². The van der Waals surface area contributed by atoms with E-state index in [4.69, 9.17) is 9.31 Å². The van der Waals surface area contributed by atoms with Gasteiger partial charge < -0.3 is 14.0 Å². The highest BCUT2D eigenvalue weighted by Crippen LogP contribution is 2.36. The summed E-state index contributed by atoms with van der Waals surface area (Å²) in [5, 5.41) is 0. The van der Waals surface area contributed by atoms with E-state index in [1.165, 1.54) is 13.2 Å². The largest absolute Gasteiger partial charge is 0.494 e. The molecule has 0 radical (unpaired) electrons. The molecule has 1 heterocycles. The molecule has 0 unspecified atom stereocenters. The Morgan fingerprint density at radius 3 is 2.17 bits per heavy atom. The summed E-state index contributed by atoms with van der Waals surface area (Å²) >= 11 is 0. The van der Waals surface area contributed by atoms with Crippen LogP contribution in [0.4, 0.5) is 0 Å². The van der Waals surface area contributed by atoms with Crippen molar-refractivity contribution in [2.75, 3.05) is 13.4 Å². The predicted octanol–water partition coefficient (Wildman–Crippen LogP) is 1.10. The molecule has 6 nitrogen and oxygen atoms in total. The molecule has 1 saturated heterocycles. The van der Waals surface area contributed by atoms with E-state index in [0.717, 1.165) is 6.26 Å². The number of esters is 1. The Labute approximate surface area is 143 Å². The lowest BCUT2D eigenvalue weighted by Gasteiger charge is -2.32. The van der Waals surface area contributed by atoms with Crippen LogP contribution in [0.15, 0.2) is 23.1 Å². The molecule has 0 aliphatic carbocycles. The second kappa shape index (κ2) is 6.17. The molecule has 0 N–H and O–H groups in total. The fourth-order valence-corrected chi connectivity index (χ4v) is 3.38. The summed E-state index contributed by atoms with van der Waals surface area (Å²) in [7, 11) is -2.91. The van der Waals surface area contributed by atoms with Gasteiger partial charge in [-0.2, -0.15) is 0 Å². The zero-order chi connectivity index (χ0) is 18.3. The number of rotatable bonds is 4. The number of carbonyl (C=O) groups is 1. The van der Waals surface area contributed by atoms with Gasteiger partial charge in [0.05, 0.1) is 29.6 Å². The van der Waals surface area contributed by atoms with E-state index >= 15 is 0 Å². The Kier molecular flexibility index (Phi) is 4.87. The van der Waals surface area contributed by atoms with E-state index in [0.29, 0.717) is 11.0 Å². The normalized spacial score (nSPS) is 19.3. The molecule has 1 aromatic carbocycles. The molecular weight excluding hydrogens is 331 g/mol. The molecule has 132 valence electrons. The molecule has 0 bridgehead atoms. The Bertz CT molecular complexity index is 738. The van der Waals surface area contributed by atoms with Gasteiger partial charge in [-0.3, -0.25) is 4.79 Å². The van der Waals surface area contributed by atoms with Crippen LogP contribution in [0.1, 0.15) is 33.3 Å². The van der Waals surface area contributed by atoms with Gasteiger partial charge in [0.15, 0.2) is 9.84 Å². The second-order valence-corrected chi connectivity index (χ2v) is 8.96. The van der Waals surface area contributed by atoms with E-state index in [2.05, 4.69) is 4.74 Å². The summed E-state index contributed by atoms with van der Waals surface area (Å²) < 4.78 is 40.7. The lowest BCUT2D eigenvalue weighted by Crippen LogP contribution is -2.41. The number of hydrogen-bond acceptors (Lipinski definition) is 6.